The summed E-state index contributed by atoms with van der Waals surface area (Å²) in [6.45, 7) is 0.236. The van der Waals surface area contributed by atoms with Gasteiger partial charge in [-0.25, -0.2) is 18.1 Å². The number of nitrogens with two attached hydrogens (primary N) is 1. The number of nitrogens with zero attached hydrogens (tertiary/aromatic N) is 2. The number of aromatic nitrogens is 2. The van der Waals surface area contributed by atoms with E-state index >= 15 is 0 Å². The summed E-state index contributed by atoms with van der Waals surface area (Å²) < 4.78 is 28.8. The van der Waals surface area contributed by atoms with E-state index in [1.165, 1.54) is 15.7 Å². The minimum absolute atomic E-state index is 0.00474. The van der Waals surface area contributed by atoms with Crippen molar-refractivity contribution in [3.8, 4) is 0 Å². The molecule has 3 heterocycles. The lowest BCUT2D eigenvalue weighted by Crippen LogP contribution is -2.25. The molecular weight excluding hydrogens is 296 g/mol. The molecule has 0 fully saturated rings. The third-order valence-corrected chi connectivity index (χ3v) is 5.10. The van der Waals surface area contributed by atoms with Gasteiger partial charge in [0.25, 0.3) is 10.0 Å². The van der Waals surface area contributed by atoms with E-state index in [0.29, 0.717) is 5.65 Å². The van der Waals surface area contributed by atoms with Gasteiger partial charge in [-0.1, -0.05) is 12.1 Å². The topological polar surface area (TPSA) is 89.5 Å². The van der Waals surface area contributed by atoms with Crippen LogP contribution in [0.5, 0.6) is 0 Å². The fraction of sp³-hybridized carbons (Fsp3) is 0.0833. The molecule has 20 heavy (non-hydrogen) atoms. The van der Waals surface area contributed by atoms with Crippen LogP contribution in [0.2, 0.25) is 0 Å². The Labute approximate surface area is 119 Å². The first-order valence-corrected chi connectivity index (χ1v) is 8.19. The molecule has 3 rings (SSSR count). The number of sulfonamides is 1. The highest BCUT2D eigenvalue weighted by molar-refractivity contribution is 7.89. The van der Waals surface area contributed by atoms with Crippen LogP contribution in [0.4, 0.5) is 5.82 Å². The molecule has 0 aliphatic rings. The van der Waals surface area contributed by atoms with Gasteiger partial charge in [0.05, 0.1) is 0 Å². The highest BCUT2D eigenvalue weighted by atomic mass is 32.2. The largest absolute Gasteiger partial charge is 0.381 e. The SMILES string of the molecule is Nc1nc2ccccn2c1S(=O)(=O)NCc1cccs1. The van der Waals surface area contributed by atoms with Gasteiger partial charge in [-0.05, 0) is 23.6 Å². The minimum Gasteiger partial charge on any atom is -0.381 e. The van der Waals surface area contributed by atoms with Crippen molar-refractivity contribution in [1.82, 2.24) is 14.1 Å². The number of nitrogen functional groups attached to an aromatic ring is 1. The number of hydrogen-bond donors (Lipinski definition) is 2. The van der Waals surface area contributed by atoms with E-state index in [2.05, 4.69) is 9.71 Å². The summed E-state index contributed by atoms with van der Waals surface area (Å²) in [6.07, 6.45) is 1.62. The number of imidazole rings is 1. The summed E-state index contributed by atoms with van der Waals surface area (Å²) in [5, 5.41) is 1.87. The second kappa shape index (κ2) is 4.89. The Balaban J connectivity index is 1.98. The Bertz CT molecular complexity index is 838. The number of thiophene rings is 1. The first-order chi connectivity index (χ1) is 9.58. The van der Waals surface area contributed by atoms with Gasteiger partial charge >= 0.3 is 0 Å². The van der Waals surface area contributed by atoms with Gasteiger partial charge in [0.1, 0.15) is 5.65 Å². The highest BCUT2D eigenvalue weighted by Crippen LogP contribution is 2.20. The van der Waals surface area contributed by atoms with Crippen LogP contribution in [0.15, 0.2) is 46.9 Å². The Kier molecular flexibility index (Phi) is 3.20. The predicted octanol–water partition coefficient (Wildman–Crippen LogP) is 1.46. The van der Waals surface area contributed by atoms with Crippen LogP contribution in [0.25, 0.3) is 5.65 Å². The Hall–Kier alpha value is -1.90. The molecule has 0 atom stereocenters. The number of anilines is 1. The first kappa shape index (κ1) is 13.1. The average Bonchev–Trinajstić information content (AvgIpc) is 3.02. The van der Waals surface area contributed by atoms with E-state index in [-0.39, 0.29) is 17.4 Å². The molecule has 0 saturated carbocycles. The zero-order chi connectivity index (χ0) is 14.2. The van der Waals surface area contributed by atoms with Gasteiger partial charge in [-0.3, -0.25) is 4.40 Å². The summed E-state index contributed by atoms with van der Waals surface area (Å²) in [7, 11) is -3.72. The standard InChI is InChI=1S/C12H12N4O2S2/c13-11-12(16-6-2-1-5-10(16)15-11)20(17,18)14-8-9-4-3-7-19-9/h1-7,14H,8,13H2. The fourth-order valence-corrected chi connectivity index (χ4v) is 3.86. The Morgan fingerprint density at radius 1 is 1.30 bits per heavy atom. The third kappa shape index (κ3) is 2.28. The third-order valence-electron chi connectivity index (χ3n) is 2.78. The van der Waals surface area contributed by atoms with E-state index in [9.17, 15) is 8.42 Å². The molecule has 0 spiro atoms. The molecule has 0 aliphatic carbocycles. The Morgan fingerprint density at radius 2 is 2.15 bits per heavy atom. The number of rotatable bonds is 4. The molecule has 0 amide bonds. The molecule has 6 nitrogen and oxygen atoms in total. The van der Waals surface area contributed by atoms with Crippen LogP contribution in [-0.2, 0) is 16.6 Å². The Morgan fingerprint density at radius 3 is 2.90 bits per heavy atom. The smallest absolute Gasteiger partial charge is 0.260 e. The normalized spacial score (nSPS) is 12.0. The molecular formula is C12H12N4O2S2. The molecule has 0 aromatic carbocycles. The lowest BCUT2D eigenvalue weighted by atomic mass is 10.5. The number of fused-ring (bicyclic) bond motifs is 1. The van der Waals surface area contributed by atoms with Crippen LogP contribution in [0.3, 0.4) is 0 Å². The van der Waals surface area contributed by atoms with Gasteiger partial charge in [-0.2, -0.15) is 0 Å². The van der Waals surface area contributed by atoms with Gasteiger partial charge in [0.2, 0.25) is 0 Å². The van der Waals surface area contributed by atoms with Gasteiger partial charge in [0, 0.05) is 17.6 Å². The highest BCUT2D eigenvalue weighted by Gasteiger charge is 2.23. The molecule has 8 heteroatoms. The molecule has 0 saturated heterocycles. The van der Waals surface area contributed by atoms with Crippen molar-refractivity contribution in [3.05, 3.63) is 46.8 Å². The molecule has 3 N–H and O–H groups in total. The molecule has 0 unspecified atom stereocenters. The predicted molar refractivity (Wildman–Crippen MR) is 77.9 cm³/mol. The maximum Gasteiger partial charge on any atom is 0.260 e. The summed E-state index contributed by atoms with van der Waals surface area (Å²) >= 11 is 1.49. The van der Waals surface area contributed by atoms with E-state index in [1.54, 1.807) is 24.4 Å². The maximum atomic E-state index is 12.4. The van der Waals surface area contributed by atoms with Crippen molar-refractivity contribution in [3.63, 3.8) is 0 Å². The molecule has 3 aromatic heterocycles. The van der Waals surface area contributed by atoms with E-state index < -0.39 is 10.0 Å². The average molecular weight is 308 g/mol. The van der Waals surface area contributed by atoms with Crippen molar-refractivity contribution < 1.29 is 8.42 Å². The summed E-state index contributed by atoms with van der Waals surface area (Å²) in [5.74, 6) is -0.00474. The second-order valence-electron chi connectivity index (χ2n) is 4.13. The fourth-order valence-electron chi connectivity index (χ4n) is 1.91. The first-order valence-electron chi connectivity index (χ1n) is 5.82. The van der Waals surface area contributed by atoms with E-state index in [1.807, 2.05) is 17.5 Å². The lowest BCUT2D eigenvalue weighted by molar-refractivity contribution is 0.577. The zero-order valence-corrected chi connectivity index (χ0v) is 12.0. The van der Waals surface area contributed by atoms with Crippen molar-refractivity contribution >= 4 is 32.8 Å². The molecule has 104 valence electrons. The van der Waals surface area contributed by atoms with Crippen LogP contribution < -0.4 is 10.5 Å². The number of hydrogen-bond acceptors (Lipinski definition) is 5. The molecule has 0 radical (unpaired) electrons. The van der Waals surface area contributed by atoms with Crippen molar-refractivity contribution in [2.24, 2.45) is 0 Å². The van der Waals surface area contributed by atoms with Crippen LogP contribution >= 0.6 is 11.3 Å². The second-order valence-corrected chi connectivity index (χ2v) is 6.85. The van der Waals surface area contributed by atoms with Gasteiger partial charge < -0.3 is 5.73 Å². The molecule has 0 bridgehead atoms. The van der Waals surface area contributed by atoms with Crippen molar-refractivity contribution in [1.29, 1.82) is 0 Å². The number of nitrogens with one attached hydrogen (secondary N) is 1. The van der Waals surface area contributed by atoms with Gasteiger partial charge in [-0.15, -0.1) is 11.3 Å². The molecule has 3 aromatic rings. The van der Waals surface area contributed by atoms with E-state index in [4.69, 9.17) is 5.73 Å². The van der Waals surface area contributed by atoms with Crippen LogP contribution in [0, 0.1) is 0 Å². The maximum absolute atomic E-state index is 12.4. The quantitative estimate of drug-likeness (QED) is 0.763. The van der Waals surface area contributed by atoms with Crippen molar-refractivity contribution in [2.75, 3.05) is 5.73 Å². The minimum atomic E-state index is -3.72. The lowest BCUT2D eigenvalue weighted by Gasteiger charge is -2.06. The van der Waals surface area contributed by atoms with E-state index in [0.717, 1.165) is 4.88 Å². The summed E-state index contributed by atoms with van der Waals surface area (Å²) in [6, 6.07) is 8.94. The summed E-state index contributed by atoms with van der Waals surface area (Å²) in [5.41, 5.74) is 6.24. The monoisotopic (exact) mass is 308 g/mol. The van der Waals surface area contributed by atoms with Crippen LogP contribution in [0.1, 0.15) is 4.88 Å². The number of pyridine rings is 1. The zero-order valence-electron chi connectivity index (χ0n) is 10.4. The van der Waals surface area contributed by atoms with Crippen molar-refractivity contribution in [2.45, 2.75) is 11.6 Å². The van der Waals surface area contributed by atoms with Gasteiger partial charge in [0.15, 0.2) is 10.8 Å². The molecule has 0 aliphatic heterocycles. The summed E-state index contributed by atoms with van der Waals surface area (Å²) in [4.78, 5) is 4.98. The van der Waals surface area contributed by atoms with Crippen LogP contribution in [-0.4, -0.2) is 17.8 Å².